The van der Waals surface area contributed by atoms with Gasteiger partial charge in [-0.25, -0.2) is 0 Å². The van der Waals surface area contributed by atoms with Crippen molar-refractivity contribution < 1.29 is 9.53 Å². The van der Waals surface area contributed by atoms with E-state index in [1.165, 1.54) is 11.1 Å². The molecule has 22 heavy (non-hydrogen) atoms. The summed E-state index contributed by atoms with van der Waals surface area (Å²) in [6.07, 6.45) is 3.39. The molecule has 1 aliphatic heterocycles. The molecule has 1 unspecified atom stereocenters. The number of hydrogen-bond acceptors (Lipinski definition) is 3. The van der Waals surface area contributed by atoms with E-state index in [1.54, 1.807) is 0 Å². The Labute approximate surface area is 132 Å². The van der Waals surface area contributed by atoms with Crippen molar-refractivity contribution in [2.24, 2.45) is 5.92 Å². The summed E-state index contributed by atoms with van der Waals surface area (Å²) in [5.41, 5.74) is 2.35. The number of carbonyl (C=O) groups is 1. The highest BCUT2D eigenvalue weighted by Crippen LogP contribution is 2.18. The van der Waals surface area contributed by atoms with Crippen LogP contribution in [0.3, 0.4) is 0 Å². The highest BCUT2D eigenvalue weighted by molar-refractivity contribution is 5.81. The smallest absolute Gasteiger partial charge is 0.239 e. The Bertz CT molecular complexity index is 536. The number of aryl methyl sites for hydroxylation is 2. The number of amides is 1. The van der Waals surface area contributed by atoms with E-state index >= 15 is 0 Å². The third-order valence-corrected chi connectivity index (χ3v) is 3.97. The molecule has 1 heterocycles. The number of benzene rings is 1. The lowest BCUT2D eigenvalue weighted by molar-refractivity contribution is -0.132. The first-order valence-corrected chi connectivity index (χ1v) is 7.99. The lowest BCUT2D eigenvalue weighted by atomic mass is 10.0. The Morgan fingerprint density at radius 2 is 1.91 bits per heavy atom. The molecule has 1 fully saturated rings. The Balaban J connectivity index is 1.76. The van der Waals surface area contributed by atoms with Crippen LogP contribution in [0.25, 0.3) is 0 Å². The maximum atomic E-state index is 12.2. The molecule has 2 rings (SSSR count). The lowest BCUT2D eigenvalue weighted by Gasteiger charge is -2.18. The van der Waals surface area contributed by atoms with Crippen molar-refractivity contribution in [3.63, 3.8) is 0 Å². The summed E-state index contributed by atoms with van der Waals surface area (Å²) in [5.74, 6) is 0.323. The number of rotatable bonds is 6. The van der Waals surface area contributed by atoms with Crippen LogP contribution < -0.4 is 4.74 Å². The van der Waals surface area contributed by atoms with E-state index in [9.17, 15) is 10.1 Å². The quantitative estimate of drug-likeness (QED) is 0.758. The van der Waals surface area contributed by atoms with Crippen LogP contribution in [0, 0.1) is 31.1 Å². The van der Waals surface area contributed by atoms with E-state index < -0.39 is 5.92 Å². The van der Waals surface area contributed by atoms with Gasteiger partial charge in [-0.1, -0.05) is 6.07 Å². The third kappa shape index (κ3) is 4.49. The fourth-order valence-electron chi connectivity index (χ4n) is 2.89. The average Bonchev–Trinajstić information content (AvgIpc) is 3.00. The van der Waals surface area contributed by atoms with E-state index in [2.05, 4.69) is 12.1 Å². The summed E-state index contributed by atoms with van der Waals surface area (Å²) in [6, 6.07) is 8.26. The van der Waals surface area contributed by atoms with Crippen molar-refractivity contribution in [3.05, 3.63) is 29.3 Å². The van der Waals surface area contributed by atoms with Crippen molar-refractivity contribution in [3.8, 4) is 11.8 Å². The van der Waals surface area contributed by atoms with Crippen LogP contribution in [0.4, 0.5) is 0 Å². The summed E-state index contributed by atoms with van der Waals surface area (Å²) >= 11 is 0. The minimum Gasteiger partial charge on any atom is -0.494 e. The van der Waals surface area contributed by atoms with Crippen LogP contribution in [-0.4, -0.2) is 30.5 Å². The zero-order valence-corrected chi connectivity index (χ0v) is 13.5. The molecule has 0 spiro atoms. The van der Waals surface area contributed by atoms with Crippen molar-refractivity contribution in [2.45, 2.75) is 39.5 Å². The topological polar surface area (TPSA) is 53.3 Å². The molecule has 0 saturated carbocycles. The molecule has 1 saturated heterocycles. The minimum atomic E-state index is -0.527. The van der Waals surface area contributed by atoms with Crippen molar-refractivity contribution in [1.82, 2.24) is 4.90 Å². The van der Waals surface area contributed by atoms with E-state index in [1.807, 2.05) is 30.9 Å². The summed E-state index contributed by atoms with van der Waals surface area (Å²) in [5, 5.41) is 9.21. The predicted octanol–water partition coefficient (Wildman–Crippen LogP) is 3.22. The van der Waals surface area contributed by atoms with E-state index in [-0.39, 0.29) is 5.91 Å². The van der Waals surface area contributed by atoms with Gasteiger partial charge in [0.25, 0.3) is 0 Å². The number of likely N-dealkylation sites (tertiary alicyclic amines) is 1. The van der Waals surface area contributed by atoms with Gasteiger partial charge in [0.15, 0.2) is 0 Å². The van der Waals surface area contributed by atoms with Gasteiger partial charge in [-0.2, -0.15) is 5.26 Å². The minimum absolute atomic E-state index is 0.00796. The largest absolute Gasteiger partial charge is 0.494 e. The van der Waals surface area contributed by atoms with Gasteiger partial charge in [0, 0.05) is 13.1 Å². The maximum Gasteiger partial charge on any atom is 0.239 e. The second kappa shape index (κ2) is 7.84. The SMILES string of the molecule is Cc1cc(C)cc(OCCCC(C#N)C(=O)N2CCCC2)c1. The highest BCUT2D eigenvalue weighted by atomic mass is 16.5. The van der Waals surface area contributed by atoms with Crippen LogP contribution in [0.5, 0.6) is 5.75 Å². The van der Waals surface area contributed by atoms with E-state index in [0.29, 0.717) is 19.4 Å². The summed E-state index contributed by atoms with van der Waals surface area (Å²) in [7, 11) is 0. The first-order valence-electron chi connectivity index (χ1n) is 7.99. The standard InChI is InChI=1S/C18H24N2O2/c1-14-10-15(2)12-17(11-14)22-9-5-6-16(13-19)18(21)20-7-3-4-8-20/h10-12,16H,3-9H2,1-2H3. The van der Waals surface area contributed by atoms with Gasteiger partial charge in [-0.05, 0) is 62.8 Å². The molecule has 118 valence electrons. The molecule has 1 amide bonds. The zero-order valence-electron chi connectivity index (χ0n) is 13.5. The van der Waals surface area contributed by atoms with Gasteiger partial charge in [0.1, 0.15) is 11.7 Å². The molecule has 0 N–H and O–H groups in total. The summed E-state index contributed by atoms with van der Waals surface area (Å²) < 4.78 is 5.73. The van der Waals surface area contributed by atoms with Gasteiger partial charge >= 0.3 is 0 Å². The number of ether oxygens (including phenoxy) is 1. The first kappa shape index (κ1) is 16.4. The van der Waals surface area contributed by atoms with Crippen LogP contribution in [-0.2, 0) is 4.79 Å². The Morgan fingerprint density at radius 3 is 2.50 bits per heavy atom. The number of nitrogens with zero attached hydrogens (tertiary/aromatic N) is 2. The van der Waals surface area contributed by atoms with Gasteiger partial charge in [0.05, 0.1) is 12.7 Å². The second-order valence-corrected chi connectivity index (χ2v) is 6.03. The molecule has 0 bridgehead atoms. The Kier molecular flexibility index (Phi) is 5.83. The van der Waals surface area contributed by atoms with Gasteiger partial charge in [-0.3, -0.25) is 4.79 Å². The third-order valence-electron chi connectivity index (χ3n) is 3.97. The van der Waals surface area contributed by atoms with Gasteiger partial charge in [0.2, 0.25) is 5.91 Å². The van der Waals surface area contributed by atoms with E-state index in [0.717, 1.165) is 31.7 Å². The number of carbonyl (C=O) groups excluding carboxylic acids is 1. The fraction of sp³-hybridized carbons (Fsp3) is 0.556. The van der Waals surface area contributed by atoms with Crippen molar-refractivity contribution in [2.75, 3.05) is 19.7 Å². The Morgan fingerprint density at radius 1 is 1.27 bits per heavy atom. The molecule has 1 atom stereocenters. The molecular weight excluding hydrogens is 276 g/mol. The maximum absolute atomic E-state index is 12.2. The van der Waals surface area contributed by atoms with Gasteiger partial charge < -0.3 is 9.64 Å². The summed E-state index contributed by atoms with van der Waals surface area (Å²) in [6.45, 7) is 6.22. The fourth-order valence-corrected chi connectivity index (χ4v) is 2.89. The van der Waals surface area contributed by atoms with Crippen LogP contribution in [0.2, 0.25) is 0 Å². The highest BCUT2D eigenvalue weighted by Gasteiger charge is 2.25. The first-order chi connectivity index (χ1) is 10.6. The predicted molar refractivity (Wildman–Crippen MR) is 85.6 cm³/mol. The molecule has 0 radical (unpaired) electrons. The van der Waals surface area contributed by atoms with Crippen LogP contribution in [0.1, 0.15) is 36.8 Å². The molecule has 4 heteroatoms. The number of hydrogen-bond donors (Lipinski definition) is 0. The molecule has 0 aliphatic carbocycles. The van der Waals surface area contributed by atoms with Crippen molar-refractivity contribution >= 4 is 5.91 Å². The number of nitriles is 1. The lowest BCUT2D eigenvalue weighted by Crippen LogP contribution is -2.33. The molecule has 0 aromatic heterocycles. The molecule has 1 aromatic rings. The Hall–Kier alpha value is -2.02. The van der Waals surface area contributed by atoms with Crippen LogP contribution >= 0.6 is 0 Å². The zero-order chi connectivity index (χ0) is 15.9. The normalized spacial score (nSPS) is 15.4. The van der Waals surface area contributed by atoms with Gasteiger partial charge in [-0.15, -0.1) is 0 Å². The summed E-state index contributed by atoms with van der Waals surface area (Å²) in [4.78, 5) is 14.0. The van der Waals surface area contributed by atoms with Crippen molar-refractivity contribution in [1.29, 1.82) is 5.26 Å². The molecule has 1 aromatic carbocycles. The average molecular weight is 300 g/mol. The molecule has 4 nitrogen and oxygen atoms in total. The van der Waals surface area contributed by atoms with E-state index in [4.69, 9.17) is 4.74 Å². The molecule has 1 aliphatic rings. The van der Waals surface area contributed by atoms with Crippen LogP contribution in [0.15, 0.2) is 18.2 Å². The monoisotopic (exact) mass is 300 g/mol. The second-order valence-electron chi connectivity index (χ2n) is 6.03. The molecular formula is C18H24N2O2.